The molecule has 0 fully saturated rings. The van der Waals surface area contributed by atoms with Gasteiger partial charge in [0.15, 0.2) is 0 Å². The first-order valence-corrected chi connectivity index (χ1v) is 5.21. The number of aromatic hydroxyl groups is 1. The normalized spacial score (nSPS) is 9.73. The van der Waals surface area contributed by atoms with Crippen LogP contribution in [0.25, 0.3) is 0 Å². The van der Waals surface area contributed by atoms with Gasteiger partial charge in [0.05, 0.1) is 10.7 Å². The molecule has 0 unspecified atom stereocenters. The van der Waals surface area contributed by atoms with Gasteiger partial charge in [-0.1, -0.05) is 6.07 Å². The summed E-state index contributed by atoms with van der Waals surface area (Å²) in [4.78, 5) is 22.0. The second kappa shape index (κ2) is 5.11. The number of carbonyl (C=O) groups is 2. The van der Waals surface area contributed by atoms with Gasteiger partial charge in [-0.2, -0.15) is 0 Å². The molecule has 0 spiro atoms. The van der Waals surface area contributed by atoms with Crippen molar-refractivity contribution in [2.75, 3.05) is 7.11 Å². The lowest BCUT2D eigenvalue weighted by Gasteiger charge is -2.02. The standard InChI is InChI=1S/C10H9IO4/c1-15-10(14)9(13)5-6-2-3-8(12)7(11)4-6/h2-4,12H,5H2,1H3. The molecule has 15 heavy (non-hydrogen) atoms. The summed E-state index contributed by atoms with van der Waals surface area (Å²) in [6, 6.07) is 4.73. The first kappa shape index (κ1) is 12.0. The minimum absolute atomic E-state index is 0.0110. The Hall–Kier alpha value is -1.11. The number of hydrogen-bond acceptors (Lipinski definition) is 4. The lowest BCUT2D eigenvalue weighted by atomic mass is 10.1. The number of phenols is 1. The molecule has 0 saturated heterocycles. The van der Waals surface area contributed by atoms with Crippen LogP contribution >= 0.6 is 22.6 Å². The molecule has 5 heteroatoms. The van der Waals surface area contributed by atoms with E-state index in [0.717, 1.165) is 0 Å². The van der Waals surface area contributed by atoms with Gasteiger partial charge in [0.25, 0.3) is 0 Å². The van der Waals surface area contributed by atoms with Crippen LogP contribution in [0, 0.1) is 3.57 Å². The maximum absolute atomic E-state index is 11.2. The van der Waals surface area contributed by atoms with E-state index in [0.29, 0.717) is 9.13 Å². The number of benzene rings is 1. The average Bonchev–Trinajstić information content (AvgIpc) is 2.22. The van der Waals surface area contributed by atoms with Crippen molar-refractivity contribution in [2.24, 2.45) is 0 Å². The summed E-state index contributed by atoms with van der Waals surface area (Å²) >= 11 is 1.95. The number of esters is 1. The fraction of sp³-hybridized carbons (Fsp3) is 0.200. The summed E-state index contributed by atoms with van der Waals surface area (Å²) in [5.74, 6) is -1.29. The number of ketones is 1. The van der Waals surface area contributed by atoms with E-state index < -0.39 is 11.8 Å². The summed E-state index contributed by atoms with van der Waals surface area (Å²) in [5, 5.41) is 9.25. The van der Waals surface area contributed by atoms with Crippen molar-refractivity contribution in [2.45, 2.75) is 6.42 Å². The molecule has 0 saturated carbocycles. The molecule has 80 valence electrons. The number of halogens is 1. The number of phenolic OH excluding ortho intramolecular Hbond substituents is 1. The number of carbonyl (C=O) groups excluding carboxylic acids is 2. The predicted octanol–water partition coefficient (Wildman–Crippen LogP) is 1.28. The van der Waals surface area contributed by atoms with Gasteiger partial charge in [-0.15, -0.1) is 0 Å². The highest BCUT2D eigenvalue weighted by Gasteiger charge is 2.14. The van der Waals surface area contributed by atoms with E-state index in [9.17, 15) is 14.7 Å². The highest BCUT2D eigenvalue weighted by atomic mass is 127. The van der Waals surface area contributed by atoms with Crippen LogP contribution in [0.3, 0.4) is 0 Å². The second-order valence-electron chi connectivity index (χ2n) is 2.88. The summed E-state index contributed by atoms with van der Waals surface area (Å²) in [5.41, 5.74) is 0.674. The number of methoxy groups -OCH3 is 1. The Kier molecular flexibility index (Phi) is 4.07. The predicted molar refractivity (Wildman–Crippen MR) is 61.6 cm³/mol. The molecule has 0 aliphatic rings. The lowest BCUT2D eigenvalue weighted by Crippen LogP contribution is -2.17. The van der Waals surface area contributed by atoms with Gasteiger partial charge in [0.2, 0.25) is 5.78 Å². The van der Waals surface area contributed by atoms with E-state index in [1.807, 2.05) is 22.6 Å². The number of hydrogen-bond donors (Lipinski definition) is 1. The van der Waals surface area contributed by atoms with Gasteiger partial charge in [-0.3, -0.25) is 4.79 Å². The lowest BCUT2D eigenvalue weighted by molar-refractivity contribution is -0.151. The Labute approximate surface area is 100 Å². The SMILES string of the molecule is COC(=O)C(=O)Cc1ccc(O)c(I)c1. The topological polar surface area (TPSA) is 63.6 Å². The molecule has 4 nitrogen and oxygen atoms in total. The van der Waals surface area contributed by atoms with Crippen LogP contribution in [0.1, 0.15) is 5.56 Å². The largest absolute Gasteiger partial charge is 0.507 e. The minimum Gasteiger partial charge on any atom is -0.507 e. The smallest absolute Gasteiger partial charge is 0.374 e. The fourth-order valence-electron chi connectivity index (χ4n) is 1.03. The van der Waals surface area contributed by atoms with Crippen molar-refractivity contribution in [3.8, 4) is 5.75 Å². The Bertz CT molecular complexity index is 400. The molecule has 0 aliphatic heterocycles. The summed E-state index contributed by atoms with van der Waals surface area (Å²) in [6.45, 7) is 0. The van der Waals surface area contributed by atoms with Crippen LogP contribution in [0.4, 0.5) is 0 Å². The molecule has 0 aromatic heterocycles. The Morgan fingerprint density at radius 2 is 2.13 bits per heavy atom. The van der Waals surface area contributed by atoms with Crippen molar-refractivity contribution < 1.29 is 19.4 Å². The maximum atomic E-state index is 11.2. The summed E-state index contributed by atoms with van der Waals surface area (Å²) in [7, 11) is 1.17. The molecule has 0 radical (unpaired) electrons. The van der Waals surface area contributed by atoms with E-state index in [-0.39, 0.29) is 12.2 Å². The highest BCUT2D eigenvalue weighted by Crippen LogP contribution is 2.20. The summed E-state index contributed by atoms with van der Waals surface area (Å²) in [6.07, 6.45) is -0.0110. The Balaban J connectivity index is 2.77. The molecule has 1 aromatic rings. The van der Waals surface area contributed by atoms with Crippen molar-refractivity contribution in [1.82, 2.24) is 0 Å². The van der Waals surface area contributed by atoms with Gasteiger partial charge in [0.1, 0.15) is 5.75 Å². The zero-order chi connectivity index (χ0) is 11.4. The van der Waals surface area contributed by atoms with Crippen LogP contribution in [0.15, 0.2) is 18.2 Å². The summed E-state index contributed by atoms with van der Waals surface area (Å²) < 4.78 is 4.94. The Morgan fingerprint density at radius 3 is 2.67 bits per heavy atom. The van der Waals surface area contributed by atoms with Crippen molar-refractivity contribution in [1.29, 1.82) is 0 Å². The molecule has 0 heterocycles. The zero-order valence-corrected chi connectivity index (χ0v) is 10.1. The van der Waals surface area contributed by atoms with E-state index in [1.54, 1.807) is 12.1 Å². The minimum atomic E-state index is -0.849. The second-order valence-corrected chi connectivity index (χ2v) is 4.04. The third-order valence-electron chi connectivity index (χ3n) is 1.79. The van der Waals surface area contributed by atoms with Gasteiger partial charge in [-0.25, -0.2) is 4.79 Å². The molecule has 1 N–H and O–H groups in total. The highest BCUT2D eigenvalue weighted by molar-refractivity contribution is 14.1. The monoisotopic (exact) mass is 320 g/mol. The van der Waals surface area contributed by atoms with Crippen LogP contribution in [-0.2, 0) is 20.7 Å². The van der Waals surface area contributed by atoms with E-state index >= 15 is 0 Å². The molecule has 0 aliphatic carbocycles. The molecule has 0 atom stereocenters. The molecule has 0 bridgehead atoms. The third kappa shape index (κ3) is 3.19. The fourth-order valence-corrected chi connectivity index (χ4v) is 1.61. The van der Waals surface area contributed by atoms with Crippen LogP contribution in [0.5, 0.6) is 5.75 Å². The zero-order valence-electron chi connectivity index (χ0n) is 7.99. The van der Waals surface area contributed by atoms with E-state index in [4.69, 9.17) is 0 Å². The van der Waals surface area contributed by atoms with Crippen LogP contribution < -0.4 is 0 Å². The van der Waals surface area contributed by atoms with Gasteiger partial charge < -0.3 is 9.84 Å². The molecule has 1 rings (SSSR count). The third-order valence-corrected chi connectivity index (χ3v) is 2.65. The van der Waals surface area contributed by atoms with E-state index in [1.165, 1.54) is 13.2 Å². The quantitative estimate of drug-likeness (QED) is 0.518. The average molecular weight is 320 g/mol. The Morgan fingerprint density at radius 1 is 1.47 bits per heavy atom. The van der Waals surface area contributed by atoms with Gasteiger partial charge in [-0.05, 0) is 40.3 Å². The number of ether oxygens (including phenoxy) is 1. The van der Waals surface area contributed by atoms with Gasteiger partial charge in [0, 0.05) is 6.42 Å². The molecule has 1 aromatic carbocycles. The molecule has 0 amide bonds. The molecular weight excluding hydrogens is 311 g/mol. The van der Waals surface area contributed by atoms with Crippen LogP contribution in [0.2, 0.25) is 0 Å². The number of Topliss-reactive ketones (excluding diaryl/α,β-unsaturated/α-hetero) is 1. The van der Waals surface area contributed by atoms with E-state index in [2.05, 4.69) is 4.74 Å². The molecular formula is C10H9IO4. The van der Waals surface area contributed by atoms with Crippen molar-refractivity contribution in [3.05, 3.63) is 27.3 Å². The first-order chi connectivity index (χ1) is 7.04. The number of rotatable bonds is 3. The van der Waals surface area contributed by atoms with Gasteiger partial charge >= 0.3 is 5.97 Å². The van der Waals surface area contributed by atoms with Crippen LogP contribution in [-0.4, -0.2) is 24.0 Å². The van der Waals surface area contributed by atoms with Crippen molar-refractivity contribution in [3.63, 3.8) is 0 Å². The maximum Gasteiger partial charge on any atom is 0.374 e. The first-order valence-electron chi connectivity index (χ1n) is 4.13. The van der Waals surface area contributed by atoms with Crippen molar-refractivity contribution >= 4 is 34.3 Å².